The molecule has 0 amide bonds. The Morgan fingerprint density at radius 3 is 2.26 bits per heavy atom. The topological polar surface area (TPSA) is 0 Å². The van der Waals surface area contributed by atoms with E-state index in [1.807, 2.05) is 0 Å². The molecule has 3 rings (SSSR count). The van der Waals surface area contributed by atoms with Gasteiger partial charge < -0.3 is 37.2 Å². The summed E-state index contributed by atoms with van der Waals surface area (Å²) in [5.41, 5.74) is 3.35. The Morgan fingerprint density at radius 2 is 1.67 bits per heavy atom. The molecule has 1 unspecified atom stereocenters. The van der Waals surface area contributed by atoms with Crippen LogP contribution in [-0.2, 0) is 21.7 Å². The molecule has 2 aliphatic carbocycles. The molecule has 1 atom stereocenters. The molecule has 1 aromatic rings. The normalized spacial score (nSPS) is 18.1. The minimum absolute atomic E-state index is 0. The van der Waals surface area contributed by atoms with E-state index >= 15 is 0 Å². The van der Waals surface area contributed by atoms with Crippen LogP contribution in [-0.4, -0.2) is 9.52 Å². The summed E-state index contributed by atoms with van der Waals surface area (Å²) in [7, 11) is -0.312. The number of rotatable bonds is 6. The van der Waals surface area contributed by atoms with Gasteiger partial charge in [0.15, 0.2) is 0 Å². The zero-order chi connectivity index (χ0) is 16.1. The summed E-state index contributed by atoms with van der Waals surface area (Å²) in [5.74, 6) is 1.65. The molecule has 1 aromatic carbocycles. The van der Waals surface area contributed by atoms with Gasteiger partial charge in [-0.3, -0.25) is 6.08 Å². The van der Waals surface area contributed by atoms with Crippen molar-refractivity contribution in [2.45, 2.75) is 65.2 Å². The van der Waals surface area contributed by atoms with E-state index in [-0.39, 0.29) is 68.5 Å². The van der Waals surface area contributed by atoms with Gasteiger partial charge in [-0.1, -0.05) is 113 Å². The van der Waals surface area contributed by atoms with Crippen molar-refractivity contribution in [1.29, 1.82) is 0 Å². The molecule has 2 aliphatic rings. The van der Waals surface area contributed by atoms with Gasteiger partial charge in [0.05, 0.1) is 9.52 Å². The first-order valence-electron chi connectivity index (χ1n) is 9.63. The Balaban J connectivity index is 0. The molecular weight excluding hydrogens is 447 g/mol. The standard InChI is InChI=1S/C22H31Si.3ClH.Ti/c1-3-17(2)22-16-21(23-20-12-8-5-9-13-20)15-19(22)14-18-10-6-4-7-11-18;;;;/h5,8-9,12-13,17-18H,3-4,6-7,10-11,14-15,23H2,1-2H3;3*1H;/q-1;;;;+4/p-3. The molecular formula is C22H31Cl3SiTi. The Morgan fingerprint density at radius 1 is 1.04 bits per heavy atom. The molecule has 0 bridgehead atoms. The molecule has 0 heterocycles. The summed E-state index contributed by atoms with van der Waals surface area (Å²) in [4.78, 5) is 0. The van der Waals surface area contributed by atoms with E-state index < -0.39 is 0 Å². The SMILES string of the molecule is CCC(C)C1=C(CC2CCCCC2)CC([SiH2]c2ccccc2)=[C-]1.[Cl-].[Cl-].[Cl-].[Ti+4]. The van der Waals surface area contributed by atoms with Crippen molar-refractivity contribution in [2.24, 2.45) is 11.8 Å². The zero-order valence-electron chi connectivity index (χ0n) is 16.5. The van der Waals surface area contributed by atoms with E-state index in [0.29, 0.717) is 5.92 Å². The molecule has 0 aliphatic heterocycles. The summed E-state index contributed by atoms with van der Waals surface area (Å²) >= 11 is 0. The van der Waals surface area contributed by atoms with Gasteiger partial charge in [-0.2, -0.15) is 5.20 Å². The first-order valence-corrected chi connectivity index (χ1v) is 11.0. The second-order valence-corrected chi connectivity index (χ2v) is 9.63. The predicted octanol–water partition coefficient (Wildman–Crippen LogP) is -4.11. The minimum Gasteiger partial charge on any atom is -1.00 e. The van der Waals surface area contributed by atoms with Gasteiger partial charge in [-0.15, -0.1) is 0 Å². The van der Waals surface area contributed by atoms with Gasteiger partial charge in [0, 0.05) is 0 Å². The Labute approximate surface area is 202 Å². The Bertz CT molecular complexity index is 580. The van der Waals surface area contributed by atoms with E-state index in [0.717, 1.165) is 5.92 Å². The minimum atomic E-state index is -0.312. The van der Waals surface area contributed by atoms with Crippen LogP contribution in [0.1, 0.15) is 65.2 Å². The quantitative estimate of drug-likeness (QED) is 0.289. The van der Waals surface area contributed by atoms with Gasteiger partial charge in [-0.05, 0) is 0 Å². The first kappa shape index (κ1) is 29.7. The van der Waals surface area contributed by atoms with Crippen molar-refractivity contribution < 1.29 is 58.9 Å². The Kier molecular flexibility index (Phi) is 16.9. The number of hydrogen-bond acceptors (Lipinski definition) is 0. The fourth-order valence-corrected chi connectivity index (χ4v) is 5.93. The Hall–Kier alpha value is 0.501. The summed E-state index contributed by atoms with van der Waals surface area (Å²) in [6.45, 7) is 4.72. The van der Waals surface area contributed by atoms with E-state index in [1.54, 1.807) is 21.5 Å². The average molecular weight is 478 g/mol. The third-order valence-corrected chi connectivity index (χ3v) is 7.48. The van der Waals surface area contributed by atoms with E-state index in [1.165, 1.54) is 51.4 Å². The number of hydrogen-bond donors (Lipinski definition) is 0. The van der Waals surface area contributed by atoms with Crippen molar-refractivity contribution in [3.05, 3.63) is 52.8 Å². The van der Waals surface area contributed by atoms with Gasteiger partial charge in [-0.25, -0.2) is 11.1 Å². The summed E-state index contributed by atoms with van der Waals surface area (Å²) < 4.78 is 0. The van der Waals surface area contributed by atoms with Gasteiger partial charge in [0.2, 0.25) is 0 Å². The third-order valence-electron chi connectivity index (χ3n) is 5.74. The number of allylic oxidation sites excluding steroid dienone is 4. The van der Waals surface area contributed by atoms with Crippen molar-refractivity contribution >= 4 is 14.7 Å². The second-order valence-electron chi connectivity index (χ2n) is 7.60. The molecule has 5 heteroatoms. The van der Waals surface area contributed by atoms with Crippen molar-refractivity contribution in [1.82, 2.24) is 0 Å². The summed E-state index contributed by atoms with van der Waals surface area (Å²) in [6.07, 6.45) is 15.0. The maximum absolute atomic E-state index is 3.89. The molecule has 0 radical (unpaired) electrons. The first-order chi connectivity index (χ1) is 11.3. The van der Waals surface area contributed by atoms with Crippen LogP contribution in [0.25, 0.3) is 0 Å². The van der Waals surface area contributed by atoms with Gasteiger partial charge >= 0.3 is 21.7 Å². The third kappa shape index (κ3) is 8.81. The van der Waals surface area contributed by atoms with Crippen LogP contribution in [0.3, 0.4) is 0 Å². The molecule has 0 aromatic heterocycles. The van der Waals surface area contributed by atoms with Crippen LogP contribution in [0.4, 0.5) is 0 Å². The van der Waals surface area contributed by atoms with Gasteiger partial charge in [0.25, 0.3) is 0 Å². The molecule has 27 heavy (non-hydrogen) atoms. The van der Waals surface area contributed by atoms with Crippen LogP contribution in [0.2, 0.25) is 0 Å². The van der Waals surface area contributed by atoms with Crippen molar-refractivity contribution in [2.75, 3.05) is 0 Å². The number of benzene rings is 1. The maximum Gasteiger partial charge on any atom is 4.00 e. The van der Waals surface area contributed by atoms with Crippen LogP contribution < -0.4 is 42.4 Å². The van der Waals surface area contributed by atoms with Crippen molar-refractivity contribution in [3.63, 3.8) is 0 Å². The van der Waals surface area contributed by atoms with E-state index in [4.69, 9.17) is 0 Å². The molecule has 0 saturated heterocycles. The summed E-state index contributed by atoms with van der Waals surface area (Å²) in [6, 6.07) is 11.1. The largest absolute Gasteiger partial charge is 4.00 e. The molecule has 1 fully saturated rings. The molecule has 0 nitrogen and oxygen atoms in total. The fourth-order valence-electron chi connectivity index (χ4n) is 4.22. The summed E-state index contributed by atoms with van der Waals surface area (Å²) in [5, 5.41) is 3.22. The predicted molar refractivity (Wildman–Crippen MR) is 104 cm³/mol. The average Bonchev–Trinajstić information content (AvgIpc) is 2.98. The second kappa shape index (κ2) is 15.4. The fraction of sp³-hybridized carbons (Fsp3) is 0.545. The van der Waals surface area contributed by atoms with Gasteiger partial charge in [0.1, 0.15) is 0 Å². The van der Waals surface area contributed by atoms with Crippen LogP contribution >= 0.6 is 0 Å². The smallest absolute Gasteiger partial charge is 1.00 e. The van der Waals surface area contributed by atoms with Crippen LogP contribution in [0.15, 0.2) is 46.7 Å². The van der Waals surface area contributed by atoms with E-state index in [2.05, 4.69) is 50.3 Å². The molecule has 0 N–H and O–H groups in total. The zero-order valence-corrected chi connectivity index (χ0v) is 21.8. The molecule has 1 saturated carbocycles. The van der Waals surface area contributed by atoms with E-state index in [9.17, 15) is 0 Å². The maximum atomic E-state index is 3.89. The molecule has 0 spiro atoms. The van der Waals surface area contributed by atoms with Crippen LogP contribution in [0.5, 0.6) is 0 Å². The molecule has 148 valence electrons. The van der Waals surface area contributed by atoms with Crippen LogP contribution in [0, 0.1) is 17.9 Å². The monoisotopic (exact) mass is 476 g/mol. The van der Waals surface area contributed by atoms with Crippen molar-refractivity contribution in [3.8, 4) is 0 Å². The number of halogens is 3.